The fourth-order valence-electron chi connectivity index (χ4n) is 8.61. The van der Waals surface area contributed by atoms with Gasteiger partial charge in [0, 0.05) is 0 Å². The highest BCUT2D eigenvalue weighted by Crippen LogP contribution is 2.55. The van der Waals surface area contributed by atoms with Gasteiger partial charge in [0.1, 0.15) is 0 Å². The maximum Gasteiger partial charge on any atom is -0.0000706 e. The predicted octanol–water partition coefficient (Wildman–Crippen LogP) is 12.1. The number of benzene rings is 11. The molecule has 11 aromatic rings. The highest BCUT2D eigenvalue weighted by Gasteiger charge is 2.26. The first kappa shape index (κ1) is 21.3. The molecule has 0 saturated carbocycles. The molecule has 0 bridgehead atoms. The number of rotatable bonds is 0. The molecule has 0 radical (unpaired) electrons. The lowest BCUT2D eigenvalue weighted by Gasteiger charge is -2.25. The zero-order valence-corrected chi connectivity index (χ0v) is 22.7. The topological polar surface area (TPSA) is 0 Å². The maximum atomic E-state index is 2.35. The molecule has 0 unspecified atom stereocenters. The van der Waals surface area contributed by atoms with E-state index < -0.39 is 0 Å². The number of hydrogen-bond acceptors (Lipinski definition) is 0. The molecule has 0 amide bonds. The summed E-state index contributed by atoms with van der Waals surface area (Å²) in [6.45, 7) is 0. The van der Waals surface area contributed by atoms with E-state index in [-0.39, 0.29) is 0 Å². The molecule has 0 aliphatic carbocycles. The highest BCUT2D eigenvalue weighted by molar-refractivity contribution is 6.55. The largest absolute Gasteiger partial charge is 0.0616 e. The van der Waals surface area contributed by atoms with Crippen LogP contribution in [0.1, 0.15) is 0 Å². The van der Waals surface area contributed by atoms with Crippen LogP contribution in [0.5, 0.6) is 0 Å². The summed E-state index contributed by atoms with van der Waals surface area (Å²) < 4.78 is 0. The summed E-state index contributed by atoms with van der Waals surface area (Å²) in [6.07, 6.45) is 0. The molecule has 0 aliphatic rings. The second-order valence-corrected chi connectivity index (χ2v) is 11.9. The zero-order valence-electron chi connectivity index (χ0n) is 22.7. The van der Waals surface area contributed by atoms with Gasteiger partial charge in [-0.2, -0.15) is 0 Å². The van der Waals surface area contributed by atoms with Crippen molar-refractivity contribution in [3.63, 3.8) is 0 Å². The van der Waals surface area contributed by atoms with Gasteiger partial charge in [0.15, 0.2) is 0 Å². The van der Waals surface area contributed by atoms with Crippen LogP contribution in [0.2, 0.25) is 0 Å². The molecule has 190 valence electrons. The maximum absolute atomic E-state index is 2.35. The molecule has 11 aromatic carbocycles. The molecular weight excluding hydrogens is 504 g/mol. The molecule has 0 spiro atoms. The van der Waals surface area contributed by atoms with E-state index in [0.29, 0.717) is 0 Å². The highest BCUT2D eigenvalue weighted by atomic mass is 14.3. The lowest BCUT2D eigenvalue weighted by atomic mass is 9.77. The SMILES string of the molecule is c1ccc2c(c1)c1ccccc1c1c2c2c3ccccc3c3cccc4c5cccc6c7ccccc7c1c(c65)c2c34. The van der Waals surface area contributed by atoms with Gasteiger partial charge in [-0.3, -0.25) is 0 Å². The van der Waals surface area contributed by atoms with Gasteiger partial charge in [0.05, 0.1) is 0 Å². The summed E-state index contributed by atoms with van der Waals surface area (Å²) in [5, 5.41) is 27.2. The van der Waals surface area contributed by atoms with Crippen LogP contribution < -0.4 is 0 Å². The fourth-order valence-corrected chi connectivity index (χ4v) is 8.61. The van der Waals surface area contributed by atoms with Gasteiger partial charge >= 0.3 is 0 Å². The zero-order chi connectivity index (χ0) is 27.1. The van der Waals surface area contributed by atoms with Crippen LogP contribution in [0.15, 0.2) is 133 Å². The Balaban J connectivity index is 1.71. The van der Waals surface area contributed by atoms with Crippen molar-refractivity contribution in [3.8, 4) is 0 Å². The van der Waals surface area contributed by atoms with Crippen molar-refractivity contribution in [2.24, 2.45) is 0 Å². The van der Waals surface area contributed by atoms with E-state index in [1.807, 2.05) is 0 Å². The molecule has 0 aliphatic heterocycles. The Kier molecular flexibility index (Phi) is 3.67. The number of fused-ring (bicyclic) bond motifs is 15. The van der Waals surface area contributed by atoms with Crippen molar-refractivity contribution in [3.05, 3.63) is 133 Å². The summed E-state index contributed by atoms with van der Waals surface area (Å²) in [6, 6.07) is 50.2. The second kappa shape index (κ2) is 7.24. The molecule has 0 atom stereocenters. The van der Waals surface area contributed by atoms with Crippen LogP contribution in [0, 0.1) is 0 Å². The lowest BCUT2D eigenvalue weighted by Crippen LogP contribution is -1.96. The van der Waals surface area contributed by atoms with E-state index in [4.69, 9.17) is 0 Å². The Bertz CT molecular complexity index is 2650. The molecular formula is C42H22. The van der Waals surface area contributed by atoms with E-state index in [0.717, 1.165) is 0 Å². The Labute approximate surface area is 240 Å². The molecule has 11 rings (SSSR count). The fraction of sp³-hybridized carbons (Fsp3) is 0. The van der Waals surface area contributed by atoms with Crippen LogP contribution in [-0.4, -0.2) is 0 Å². The van der Waals surface area contributed by atoms with E-state index >= 15 is 0 Å². The van der Waals surface area contributed by atoms with Crippen molar-refractivity contribution in [2.45, 2.75) is 0 Å². The first-order valence-electron chi connectivity index (χ1n) is 14.8. The molecule has 0 N–H and O–H groups in total. The molecule has 42 heavy (non-hydrogen) atoms. The van der Waals surface area contributed by atoms with Crippen LogP contribution in [0.4, 0.5) is 0 Å². The quantitative estimate of drug-likeness (QED) is 0.136. The van der Waals surface area contributed by atoms with Gasteiger partial charge in [0.25, 0.3) is 0 Å². The van der Waals surface area contributed by atoms with Gasteiger partial charge in [-0.1, -0.05) is 133 Å². The minimum atomic E-state index is 1.32. The minimum absolute atomic E-state index is 1.32. The van der Waals surface area contributed by atoms with E-state index in [1.54, 1.807) is 0 Å². The van der Waals surface area contributed by atoms with Crippen molar-refractivity contribution < 1.29 is 0 Å². The van der Waals surface area contributed by atoms with Crippen molar-refractivity contribution >= 4 is 108 Å². The van der Waals surface area contributed by atoms with Crippen molar-refractivity contribution in [2.75, 3.05) is 0 Å². The van der Waals surface area contributed by atoms with Gasteiger partial charge in [0.2, 0.25) is 0 Å². The Morgan fingerprint density at radius 2 is 0.333 bits per heavy atom. The van der Waals surface area contributed by atoms with E-state index in [1.165, 1.54) is 108 Å². The minimum Gasteiger partial charge on any atom is -0.0616 e. The number of hydrogen-bond donors (Lipinski definition) is 0. The summed E-state index contributed by atoms with van der Waals surface area (Å²) >= 11 is 0. The standard InChI is InChI=1S/C42H22/c1-5-15-29-23(11-1)24-12-2-6-16-30(24)38-37(29)39-31-17-7-3-13-25(31)27-19-9-21-33-34-22-10-20-28-26-14-4-8-18-32(26)40(38)42(36(28)34)41(39)35(27)33/h1-22H. The third kappa shape index (κ3) is 2.28. The van der Waals surface area contributed by atoms with Gasteiger partial charge in [-0.15, -0.1) is 0 Å². The Morgan fingerprint density at radius 3 is 0.667 bits per heavy atom. The normalized spacial score (nSPS) is 12.8. The molecule has 0 saturated heterocycles. The smallest absolute Gasteiger partial charge is 0.0000706 e. The Morgan fingerprint density at radius 1 is 0.143 bits per heavy atom. The molecule has 0 aromatic heterocycles. The molecule has 0 fully saturated rings. The van der Waals surface area contributed by atoms with Crippen LogP contribution in [-0.2, 0) is 0 Å². The monoisotopic (exact) mass is 526 g/mol. The van der Waals surface area contributed by atoms with Crippen LogP contribution in [0.25, 0.3) is 108 Å². The predicted molar refractivity (Wildman–Crippen MR) is 184 cm³/mol. The third-order valence-electron chi connectivity index (χ3n) is 10.1. The Hall–Kier alpha value is -5.46. The van der Waals surface area contributed by atoms with Crippen LogP contribution in [0.3, 0.4) is 0 Å². The molecule has 0 heterocycles. The third-order valence-corrected chi connectivity index (χ3v) is 10.1. The van der Waals surface area contributed by atoms with E-state index in [2.05, 4.69) is 133 Å². The van der Waals surface area contributed by atoms with E-state index in [9.17, 15) is 0 Å². The summed E-state index contributed by atoms with van der Waals surface area (Å²) in [5.74, 6) is 0. The van der Waals surface area contributed by atoms with Crippen molar-refractivity contribution in [1.29, 1.82) is 0 Å². The van der Waals surface area contributed by atoms with Gasteiger partial charge in [-0.25, -0.2) is 0 Å². The summed E-state index contributed by atoms with van der Waals surface area (Å²) in [4.78, 5) is 0. The lowest BCUT2D eigenvalue weighted by molar-refractivity contribution is 1.79. The summed E-state index contributed by atoms with van der Waals surface area (Å²) in [7, 11) is 0. The van der Waals surface area contributed by atoms with Crippen LogP contribution >= 0.6 is 0 Å². The first-order valence-corrected chi connectivity index (χ1v) is 14.8. The summed E-state index contributed by atoms with van der Waals surface area (Å²) in [5.41, 5.74) is 0. The first-order chi connectivity index (χ1) is 20.9. The average Bonchev–Trinajstić information content (AvgIpc) is 3.07. The van der Waals surface area contributed by atoms with Gasteiger partial charge < -0.3 is 0 Å². The molecule has 0 nitrogen and oxygen atoms in total. The molecule has 0 heteroatoms. The average molecular weight is 527 g/mol. The van der Waals surface area contributed by atoms with Crippen molar-refractivity contribution in [1.82, 2.24) is 0 Å². The van der Waals surface area contributed by atoms with Gasteiger partial charge in [-0.05, 0) is 108 Å². The second-order valence-electron chi connectivity index (χ2n) is 11.9.